The molecule has 0 bridgehead atoms. The first-order valence-corrected chi connectivity index (χ1v) is 24.4. The van der Waals surface area contributed by atoms with Crippen LogP contribution >= 0.6 is 0 Å². The number of allylic oxidation sites excluding steroid dienone is 8. The van der Waals surface area contributed by atoms with E-state index in [1.165, 1.54) is 51.4 Å². The molecule has 1 aliphatic rings. The Morgan fingerprint density at radius 3 is 1.46 bits per heavy atom. The van der Waals surface area contributed by atoms with Crippen molar-refractivity contribution in [1.29, 1.82) is 0 Å². The van der Waals surface area contributed by atoms with Crippen LogP contribution in [-0.2, 0) is 19.1 Å². The summed E-state index contributed by atoms with van der Waals surface area (Å²) < 4.78 is 5.70. The van der Waals surface area contributed by atoms with Crippen molar-refractivity contribution >= 4 is 17.9 Å². The van der Waals surface area contributed by atoms with Gasteiger partial charge in [0, 0.05) is 12.1 Å². The molecule has 2 N–H and O–H groups in total. The zero-order valence-corrected chi connectivity index (χ0v) is 38.5. The number of hydrogen-bond donors (Lipinski definition) is 2. The van der Waals surface area contributed by atoms with E-state index in [1.54, 1.807) is 6.08 Å². The number of carboxylic acids is 2. The molecule has 338 valence electrons. The lowest BCUT2D eigenvalue weighted by Crippen LogP contribution is -2.45. The molecule has 0 aliphatic heterocycles. The van der Waals surface area contributed by atoms with Gasteiger partial charge in [-0.3, -0.25) is 9.59 Å². The van der Waals surface area contributed by atoms with Crippen LogP contribution in [0, 0.1) is 10.8 Å². The summed E-state index contributed by atoms with van der Waals surface area (Å²) in [6.07, 6.45) is 47.3. The van der Waals surface area contributed by atoms with E-state index < -0.39 is 28.7 Å². The molecule has 2 unspecified atom stereocenters. The van der Waals surface area contributed by atoms with Crippen LogP contribution in [0.1, 0.15) is 214 Å². The van der Waals surface area contributed by atoms with Gasteiger partial charge in [-0.1, -0.05) is 172 Å². The fourth-order valence-corrected chi connectivity index (χ4v) is 8.40. The van der Waals surface area contributed by atoms with Crippen molar-refractivity contribution in [3.05, 3.63) is 60.3 Å². The minimum atomic E-state index is -1.40. The van der Waals surface area contributed by atoms with Crippen LogP contribution in [0.15, 0.2) is 60.3 Å². The van der Waals surface area contributed by atoms with Crippen LogP contribution in [0.3, 0.4) is 0 Å². The number of esters is 1. The summed E-state index contributed by atoms with van der Waals surface area (Å²) >= 11 is 0. The number of carbonyl (C=O) groups is 3. The van der Waals surface area contributed by atoms with Crippen LogP contribution in [0.5, 0.6) is 0 Å². The molecule has 0 fully saturated rings. The molecule has 59 heavy (non-hydrogen) atoms. The van der Waals surface area contributed by atoms with E-state index in [-0.39, 0.29) is 25.0 Å². The molecule has 0 aromatic rings. The summed E-state index contributed by atoms with van der Waals surface area (Å²) in [7, 11) is 0. The van der Waals surface area contributed by atoms with Crippen molar-refractivity contribution in [3.63, 3.8) is 0 Å². The van der Waals surface area contributed by atoms with Gasteiger partial charge in [-0.15, -0.1) is 0 Å². The predicted molar refractivity (Wildman–Crippen MR) is 249 cm³/mol. The topological polar surface area (TPSA) is 104 Å². The van der Waals surface area contributed by atoms with Crippen molar-refractivity contribution in [2.45, 2.75) is 214 Å². The minimum Gasteiger partial charge on any atom is -0.481 e. The quantitative estimate of drug-likeness (QED) is 0.0361. The SMILES string of the molecule is CCCCC/C=C\C/C=C\CCCCCCCCC1(C(=O)O)C=C(C(=O)OCCCN(CC)CC)CC(CCCCCCCC/C=C\C/C=C\CCCCC)(C(=O)O)C1. The Labute approximate surface area is 362 Å². The number of carboxylic acid groups (broad SMARTS) is 2. The number of aliphatic carboxylic acids is 2. The highest BCUT2D eigenvalue weighted by Crippen LogP contribution is 2.51. The van der Waals surface area contributed by atoms with E-state index in [1.807, 2.05) is 0 Å². The zero-order valence-electron chi connectivity index (χ0n) is 38.5. The Balaban J connectivity index is 2.75. The van der Waals surface area contributed by atoms with Gasteiger partial charge in [0.15, 0.2) is 0 Å². The molecule has 0 saturated carbocycles. The number of unbranched alkanes of at least 4 members (excludes halogenated alkanes) is 18. The first-order chi connectivity index (χ1) is 28.7. The highest BCUT2D eigenvalue weighted by Gasteiger charge is 2.53. The Kier molecular flexibility index (Phi) is 32.8. The van der Waals surface area contributed by atoms with Gasteiger partial charge in [0.1, 0.15) is 0 Å². The Morgan fingerprint density at radius 2 is 1.02 bits per heavy atom. The number of nitrogens with zero attached hydrogens (tertiary/aromatic N) is 1. The molecule has 0 amide bonds. The van der Waals surface area contributed by atoms with E-state index in [9.17, 15) is 24.6 Å². The molecule has 7 nitrogen and oxygen atoms in total. The van der Waals surface area contributed by atoms with Gasteiger partial charge in [-0.05, 0) is 109 Å². The highest BCUT2D eigenvalue weighted by atomic mass is 16.5. The van der Waals surface area contributed by atoms with Gasteiger partial charge in [-0.2, -0.15) is 0 Å². The van der Waals surface area contributed by atoms with E-state index >= 15 is 0 Å². The molecule has 1 aliphatic carbocycles. The Morgan fingerprint density at radius 1 is 0.576 bits per heavy atom. The van der Waals surface area contributed by atoms with Crippen molar-refractivity contribution < 1.29 is 29.3 Å². The lowest BCUT2D eigenvalue weighted by molar-refractivity contribution is -0.158. The molecule has 0 saturated heterocycles. The second kappa shape index (κ2) is 35.8. The summed E-state index contributed by atoms with van der Waals surface area (Å²) in [6, 6.07) is 0. The molecule has 2 atom stereocenters. The van der Waals surface area contributed by atoms with Crippen molar-refractivity contribution in [1.82, 2.24) is 4.90 Å². The average Bonchev–Trinajstić information content (AvgIpc) is 3.23. The first kappa shape index (κ1) is 54.1. The van der Waals surface area contributed by atoms with Crippen molar-refractivity contribution in [2.75, 3.05) is 26.2 Å². The molecular formula is C52H89NO6. The summed E-state index contributed by atoms with van der Waals surface area (Å²) in [5.41, 5.74) is -2.49. The standard InChI is InChI=1S/C52H89NO6/c1-5-9-11-13-15-17-19-21-23-25-27-29-31-33-35-37-40-51(49(55)56)44-47(48(54)59-43-39-42-53(7-3)8-4)45-52(46-51,50(57)58)41-38-36-34-32-30-28-26-24-22-20-18-16-14-12-10-6-2/h15-18,21-24,44H,5-14,19-20,25-43,45-46H2,1-4H3,(H,55,56)(H,57,58)/b17-15-,18-16-,23-21-,24-22-. The fraction of sp³-hybridized carbons (Fsp3) is 0.750. The number of ether oxygens (including phenoxy) is 1. The van der Waals surface area contributed by atoms with Crippen LogP contribution in [-0.4, -0.2) is 59.3 Å². The van der Waals surface area contributed by atoms with Crippen LogP contribution in [0.4, 0.5) is 0 Å². The first-order valence-electron chi connectivity index (χ1n) is 24.4. The number of carbonyl (C=O) groups excluding carboxylic acids is 1. The predicted octanol–water partition coefficient (Wildman–Crippen LogP) is 14.5. The van der Waals surface area contributed by atoms with Gasteiger partial charge < -0.3 is 19.8 Å². The molecule has 0 aromatic carbocycles. The van der Waals surface area contributed by atoms with E-state index in [0.29, 0.717) is 32.1 Å². The maximum Gasteiger partial charge on any atom is 0.333 e. The van der Waals surface area contributed by atoms with Gasteiger partial charge >= 0.3 is 17.9 Å². The van der Waals surface area contributed by atoms with E-state index in [0.717, 1.165) is 110 Å². The monoisotopic (exact) mass is 824 g/mol. The third kappa shape index (κ3) is 25.4. The lowest BCUT2D eigenvalue weighted by atomic mass is 9.60. The molecule has 0 heterocycles. The number of hydrogen-bond acceptors (Lipinski definition) is 5. The Hall–Kier alpha value is -2.93. The molecule has 0 spiro atoms. The van der Waals surface area contributed by atoms with Gasteiger partial charge in [0.25, 0.3) is 0 Å². The normalized spacial score (nSPS) is 18.6. The molecule has 0 radical (unpaired) electrons. The second-order valence-corrected chi connectivity index (χ2v) is 17.3. The van der Waals surface area contributed by atoms with Crippen LogP contribution in [0.2, 0.25) is 0 Å². The fourth-order valence-electron chi connectivity index (χ4n) is 8.40. The molecular weight excluding hydrogens is 735 g/mol. The average molecular weight is 824 g/mol. The van der Waals surface area contributed by atoms with E-state index in [4.69, 9.17) is 4.74 Å². The van der Waals surface area contributed by atoms with Gasteiger partial charge in [-0.25, -0.2) is 4.79 Å². The van der Waals surface area contributed by atoms with Crippen molar-refractivity contribution in [2.24, 2.45) is 10.8 Å². The summed E-state index contributed by atoms with van der Waals surface area (Å²) in [5.74, 6) is -2.59. The van der Waals surface area contributed by atoms with Gasteiger partial charge in [0.05, 0.1) is 17.4 Å². The summed E-state index contributed by atoms with van der Waals surface area (Å²) in [6.45, 7) is 11.5. The number of rotatable bonds is 39. The molecule has 7 heteroatoms. The van der Waals surface area contributed by atoms with E-state index in [2.05, 4.69) is 81.2 Å². The molecule has 0 aromatic heterocycles. The van der Waals surface area contributed by atoms with Crippen LogP contribution in [0.25, 0.3) is 0 Å². The van der Waals surface area contributed by atoms with Crippen LogP contribution < -0.4 is 0 Å². The third-order valence-corrected chi connectivity index (χ3v) is 12.2. The lowest BCUT2D eigenvalue weighted by Gasteiger charge is -2.42. The Bertz CT molecular complexity index is 1250. The minimum absolute atomic E-state index is 0.0178. The largest absolute Gasteiger partial charge is 0.481 e. The highest BCUT2D eigenvalue weighted by molar-refractivity contribution is 5.93. The maximum atomic E-state index is 13.5. The van der Waals surface area contributed by atoms with Crippen molar-refractivity contribution in [3.8, 4) is 0 Å². The second-order valence-electron chi connectivity index (χ2n) is 17.3. The molecule has 1 rings (SSSR count). The maximum absolute atomic E-state index is 13.5. The smallest absolute Gasteiger partial charge is 0.333 e. The zero-order chi connectivity index (χ0) is 43.3. The summed E-state index contributed by atoms with van der Waals surface area (Å²) in [5, 5.41) is 21.5. The van der Waals surface area contributed by atoms with Gasteiger partial charge in [0.2, 0.25) is 0 Å². The third-order valence-electron chi connectivity index (χ3n) is 12.2. The summed E-state index contributed by atoms with van der Waals surface area (Å²) in [4.78, 5) is 42.1.